The fraction of sp³-hybridized carbons (Fsp3) is 0.500. The van der Waals surface area contributed by atoms with Crippen molar-refractivity contribution in [3.8, 4) is 11.3 Å². The van der Waals surface area contributed by atoms with Crippen molar-refractivity contribution in [3.63, 3.8) is 0 Å². The van der Waals surface area contributed by atoms with Gasteiger partial charge in [0.05, 0.1) is 11.4 Å². The molecule has 19 heavy (non-hydrogen) atoms. The summed E-state index contributed by atoms with van der Waals surface area (Å²) in [6.45, 7) is 8.10. The Morgan fingerprint density at radius 1 is 1.26 bits per heavy atom. The predicted octanol–water partition coefficient (Wildman–Crippen LogP) is 1.88. The van der Waals surface area contributed by atoms with E-state index in [4.69, 9.17) is 5.10 Å². The molecule has 2 aromatic rings. The first-order valence-electron chi connectivity index (χ1n) is 6.77. The number of aryl methyl sites for hydroxylation is 1. The molecule has 5 nitrogen and oxygen atoms in total. The van der Waals surface area contributed by atoms with Gasteiger partial charge in [-0.3, -0.25) is 4.68 Å². The van der Waals surface area contributed by atoms with Gasteiger partial charge in [-0.25, -0.2) is 9.97 Å². The molecule has 0 amide bonds. The van der Waals surface area contributed by atoms with E-state index in [1.165, 1.54) is 11.3 Å². The number of aromatic nitrogens is 4. The summed E-state index contributed by atoms with van der Waals surface area (Å²) in [5.41, 5.74) is 4.73. The van der Waals surface area contributed by atoms with Gasteiger partial charge in [0.25, 0.3) is 0 Å². The zero-order valence-corrected chi connectivity index (χ0v) is 11.6. The SMILES string of the molecule is Cc1ncc(-c2c3c(nn2C(C)C)CCNC3)cn1. The lowest BCUT2D eigenvalue weighted by molar-refractivity contribution is 0.530. The van der Waals surface area contributed by atoms with Crippen molar-refractivity contribution in [1.29, 1.82) is 0 Å². The number of nitrogens with zero attached hydrogens (tertiary/aromatic N) is 4. The minimum Gasteiger partial charge on any atom is -0.312 e. The Morgan fingerprint density at radius 2 is 2.00 bits per heavy atom. The van der Waals surface area contributed by atoms with Crippen LogP contribution in [0, 0.1) is 6.92 Å². The van der Waals surface area contributed by atoms with Crippen LogP contribution in [-0.4, -0.2) is 26.3 Å². The van der Waals surface area contributed by atoms with Crippen molar-refractivity contribution in [2.75, 3.05) is 6.54 Å². The lowest BCUT2D eigenvalue weighted by Gasteiger charge is -2.14. The molecular weight excluding hydrogens is 238 g/mol. The summed E-state index contributed by atoms with van der Waals surface area (Å²) in [5, 5.41) is 8.19. The van der Waals surface area contributed by atoms with Crippen LogP contribution in [0.5, 0.6) is 0 Å². The number of nitrogens with one attached hydrogen (secondary N) is 1. The minimum atomic E-state index is 0.335. The van der Waals surface area contributed by atoms with Gasteiger partial charge >= 0.3 is 0 Å². The molecule has 0 aliphatic carbocycles. The van der Waals surface area contributed by atoms with Gasteiger partial charge in [-0.2, -0.15) is 5.10 Å². The summed E-state index contributed by atoms with van der Waals surface area (Å²) in [6.07, 6.45) is 4.79. The highest BCUT2D eigenvalue weighted by Gasteiger charge is 2.22. The maximum atomic E-state index is 4.77. The average Bonchev–Trinajstić information content (AvgIpc) is 2.79. The van der Waals surface area contributed by atoms with Crippen molar-refractivity contribution in [2.24, 2.45) is 0 Å². The normalized spacial score (nSPS) is 14.7. The number of rotatable bonds is 2. The van der Waals surface area contributed by atoms with Crippen LogP contribution < -0.4 is 5.32 Å². The molecule has 3 heterocycles. The molecule has 0 unspecified atom stereocenters. The van der Waals surface area contributed by atoms with Crippen LogP contribution >= 0.6 is 0 Å². The largest absolute Gasteiger partial charge is 0.312 e. The number of fused-ring (bicyclic) bond motifs is 1. The van der Waals surface area contributed by atoms with Crippen LogP contribution in [0.3, 0.4) is 0 Å². The number of hydrogen-bond donors (Lipinski definition) is 1. The van der Waals surface area contributed by atoms with Gasteiger partial charge in [-0.15, -0.1) is 0 Å². The van der Waals surface area contributed by atoms with Crippen LogP contribution in [0.1, 0.15) is 37.0 Å². The molecule has 100 valence electrons. The van der Waals surface area contributed by atoms with Crippen LogP contribution in [0.4, 0.5) is 0 Å². The van der Waals surface area contributed by atoms with Crippen molar-refractivity contribution in [2.45, 2.75) is 39.8 Å². The predicted molar refractivity (Wildman–Crippen MR) is 73.8 cm³/mol. The van der Waals surface area contributed by atoms with E-state index >= 15 is 0 Å². The Balaban J connectivity index is 2.17. The Hall–Kier alpha value is -1.75. The first-order chi connectivity index (χ1) is 9.16. The molecule has 0 atom stereocenters. The zero-order valence-electron chi connectivity index (χ0n) is 11.6. The van der Waals surface area contributed by atoms with Crippen LogP contribution in [0.25, 0.3) is 11.3 Å². The Bertz CT molecular complexity index is 583. The van der Waals surface area contributed by atoms with E-state index in [0.717, 1.165) is 36.6 Å². The molecule has 5 heteroatoms. The summed E-state index contributed by atoms with van der Waals surface area (Å²) < 4.78 is 2.10. The van der Waals surface area contributed by atoms with Gasteiger partial charge in [0.15, 0.2) is 0 Å². The Kier molecular flexibility index (Phi) is 3.06. The second-order valence-electron chi connectivity index (χ2n) is 5.26. The van der Waals surface area contributed by atoms with Gasteiger partial charge in [-0.05, 0) is 20.8 Å². The van der Waals surface area contributed by atoms with E-state index in [-0.39, 0.29) is 0 Å². The van der Waals surface area contributed by atoms with E-state index in [1.807, 2.05) is 19.3 Å². The molecule has 0 fully saturated rings. The van der Waals surface area contributed by atoms with E-state index in [2.05, 4.69) is 33.8 Å². The fourth-order valence-electron chi connectivity index (χ4n) is 2.52. The van der Waals surface area contributed by atoms with E-state index in [0.29, 0.717) is 6.04 Å². The quantitative estimate of drug-likeness (QED) is 0.892. The second kappa shape index (κ2) is 4.74. The van der Waals surface area contributed by atoms with Crippen molar-refractivity contribution < 1.29 is 0 Å². The lowest BCUT2D eigenvalue weighted by Crippen LogP contribution is -2.23. The molecule has 0 aromatic carbocycles. The highest BCUT2D eigenvalue weighted by atomic mass is 15.3. The molecular formula is C14H19N5. The molecule has 0 saturated carbocycles. The highest BCUT2D eigenvalue weighted by Crippen LogP contribution is 2.29. The summed E-state index contributed by atoms with van der Waals surface area (Å²) >= 11 is 0. The third-order valence-electron chi connectivity index (χ3n) is 3.48. The molecule has 3 rings (SSSR count). The van der Waals surface area contributed by atoms with Gasteiger partial charge in [0.2, 0.25) is 0 Å². The summed E-state index contributed by atoms with van der Waals surface area (Å²) in [4.78, 5) is 8.62. The molecule has 0 bridgehead atoms. The summed E-state index contributed by atoms with van der Waals surface area (Å²) in [7, 11) is 0. The van der Waals surface area contributed by atoms with Crippen LogP contribution in [0.15, 0.2) is 12.4 Å². The average molecular weight is 257 g/mol. The molecule has 1 aliphatic rings. The summed E-state index contributed by atoms with van der Waals surface area (Å²) in [6, 6.07) is 0.335. The van der Waals surface area contributed by atoms with Crippen molar-refractivity contribution in [1.82, 2.24) is 25.1 Å². The zero-order chi connectivity index (χ0) is 13.4. The van der Waals surface area contributed by atoms with E-state index < -0.39 is 0 Å². The summed E-state index contributed by atoms with van der Waals surface area (Å²) in [5.74, 6) is 0.798. The molecule has 0 saturated heterocycles. The molecule has 0 spiro atoms. The third-order valence-corrected chi connectivity index (χ3v) is 3.48. The van der Waals surface area contributed by atoms with Gasteiger partial charge in [0, 0.05) is 49.1 Å². The van der Waals surface area contributed by atoms with Crippen molar-refractivity contribution in [3.05, 3.63) is 29.5 Å². The third kappa shape index (κ3) is 2.14. The fourth-order valence-corrected chi connectivity index (χ4v) is 2.52. The maximum absolute atomic E-state index is 4.77. The van der Waals surface area contributed by atoms with Gasteiger partial charge in [-0.1, -0.05) is 0 Å². The Labute approximate surface area is 113 Å². The van der Waals surface area contributed by atoms with Gasteiger partial charge in [0.1, 0.15) is 5.82 Å². The molecule has 1 N–H and O–H groups in total. The van der Waals surface area contributed by atoms with Crippen LogP contribution in [0.2, 0.25) is 0 Å². The van der Waals surface area contributed by atoms with Crippen molar-refractivity contribution >= 4 is 0 Å². The number of hydrogen-bond acceptors (Lipinski definition) is 4. The molecule has 2 aromatic heterocycles. The highest BCUT2D eigenvalue weighted by molar-refractivity contribution is 5.63. The topological polar surface area (TPSA) is 55.6 Å². The van der Waals surface area contributed by atoms with Gasteiger partial charge < -0.3 is 5.32 Å². The second-order valence-corrected chi connectivity index (χ2v) is 5.26. The monoisotopic (exact) mass is 257 g/mol. The van der Waals surface area contributed by atoms with E-state index in [1.54, 1.807) is 0 Å². The minimum absolute atomic E-state index is 0.335. The first-order valence-corrected chi connectivity index (χ1v) is 6.77. The molecule has 1 aliphatic heterocycles. The van der Waals surface area contributed by atoms with E-state index in [9.17, 15) is 0 Å². The maximum Gasteiger partial charge on any atom is 0.125 e. The lowest BCUT2D eigenvalue weighted by atomic mass is 10.0. The standard InChI is InChI=1S/C14H19N5/c1-9(2)19-14(11-6-16-10(3)17-7-11)12-8-15-5-4-13(12)18-19/h6-7,9,15H,4-5,8H2,1-3H3. The first kappa shape index (κ1) is 12.3. The van der Waals surface area contributed by atoms with Crippen LogP contribution in [-0.2, 0) is 13.0 Å². The smallest absolute Gasteiger partial charge is 0.125 e. The molecule has 0 radical (unpaired) electrons. The Morgan fingerprint density at radius 3 is 2.68 bits per heavy atom.